The van der Waals surface area contributed by atoms with E-state index in [4.69, 9.17) is 15.2 Å². The van der Waals surface area contributed by atoms with Crippen LogP contribution in [0.4, 0.5) is 4.39 Å². The van der Waals surface area contributed by atoms with Crippen LogP contribution in [0.3, 0.4) is 0 Å². The number of aromatic nitrogens is 1. The monoisotopic (exact) mass is 588 g/mol. The second-order valence-electron chi connectivity index (χ2n) is 11.8. The number of carbonyl (C=O) groups excluding carboxylic acids is 3. The molecule has 3 heterocycles. The predicted molar refractivity (Wildman–Crippen MR) is 160 cm³/mol. The van der Waals surface area contributed by atoms with E-state index in [1.165, 1.54) is 17.0 Å². The van der Waals surface area contributed by atoms with Gasteiger partial charge in [0, 0.05) is 29.2 Å². The van der Waals surface area contributed by atoms with Gasteiger partial charge in [0.15, 0.2) is 0 Å². The second kappa shape index (κ2) is 11.9. The van der Waals surface area contributed by atoms with Gasteiger partial charge >= 0.3 is 5.97 Å². The van der Waals surface area contributed by atoms with E-state index in [-0.39, 0.29) is 31.4 Å². The van der Waals surface area contributed by atoms with Crippen molar-refractivity contribution in [2.45, 2.75) is 75.6 Å². The highest BCUT2D eigenvalue weighted by molar-refractivity contribution is 6.07. The van der Waals surface area contributed by atoms with E-state index in [0.717, 1.165) is 41.8 Å². The molecule has 0 radical (unpaired) electrons. The van der Waals surface area contributed by atoms with Crippen LogP contribution in [0.15, 0.2) is 54.6 Å². The lowest BCUT2D eigenvalue weighted by molar-refractivity contribution is -0.150. The summed E-state index contributed by atoms with van der Waals surface area (Å²) in [7, 11) is 0. The molecule has 10 heteroatoms. The summed E-state index contributed by atoms with van der Waals surface area (Å²) in [6.45, 7) is 2.05. The first kappa shape index (κ1) is 29.0. The molecule has 2 aromatic carbocycles. The molecular weight excluding hydrogens is 551 g/mol. The number of fused-ring (bicyclic) bond motifs is 5. The fourth-order valence-electron chi connectivity index (χ4n) is 6.43. The fraction of sp³-hybridized carbons (Fsp3) is 0.455. The summed E-state index contributed by atoms with van der Waals surface area (Å²) in [4.78, 5) is 46.7. The number of hydrogen-bond donors (Lipinski definition) is 2. The van der Waals surface area contributed by atoms with Crippen molar-refractivity contribution in [1.29, 1.82) is 0 Å². The van der Waals surface area contributed by atoms with Crippen LogP contribution in [0.1, 0.15) is 51.9 Å². The Morgan fingerprint density at radius 2 is 1.95 bits per heavy atom. The van der Waals surface area contributed by atoms with Gasteiger partial charge in [-0.2, -0.15) is 0 Å². The number of nitrogens with two attached hydrogens (primary N) is 1. The number of allylic oxidation sites excluding steroid dienone is 1. The third-order valence-corrected chi connectivity index (χ3v) is 8.83. The van der Waals surface area contributed by atoms with Crippen LogP contribution in [-0.2, 0) is 19.1 Å². The maximum absolute atomic E-state index is 14.1. The molecule has 226 valence electrons. The van der Waals surface area contributed by atoms with Crippen molar-refractivity contribution in [2.75, 3.05) is 13.2 Å². The number of nitrogens with one attached hydrogen (secondary N) is 1. The summed E-state index contributed by atoms with van der Waals surface area (Å²) in [5.74, 6) is -1.52. The molecule has 0 unspecified atom stereocenters. The maximum atomic E-state index is 14.1. The molecule has 2 amide bonds. The van der Waals surface area contributed by atoms with Gasteiger partial charge in [-0.1, -0.05) is 43.2 Å². The standard InChI is InChI=1S/C33H37FN4O5/c1-2-42-32(41)33-18-20(33)10-6-4-3-5-7-13-26(35)31(40)38-19-22(17-28(38)29(39)37-33)43-30-25-12-9-8-11-23(25)24-15-14-21(34)16-27(24)36-30/h6,8-12,14-16,20,22,26,28H,2-5,7,13,17-19,35H2,1H3,(H,37,39)/b10-6-/t20-,22-,26+,28+,33-/m1/s1. The molecule has 5 atom stereocenters. The van der Waals surface area contributed by atoms with Gasteiger partial charge in [0.2, 0.25) is 17.7 Å². The first-order valence-electron chi connectivity index (χ1n) is 15.2. The van der Waals surface area contributed by atoms with Crippen molar-refractivity contribution >= 4 is 39.5 Å². The van der Waals surface area contributed by atoms with E-state index in [1.54, 1.807) is 13.0 Å². The fourth-order valence-corrected chi connectivity index (χ4v) is 6.43. The number of benzene rings is 2. The highest BCUT2D eigenvalue weighted by atomic mass is 19.1. The molecule has 1 saturated carbocycles. The van der Waals surface area contributed by atoms with Crippen LogP contribution < -0.4 is 15.8 Å². The van der Waals surface area contributed by atoms with E-state index in [0.29, 0.717) is 24.2 Å². The summed E-state index contributed by atoms with van der Waals surface area (Å²) >= 11 is 0. The van der Waals surface area contributed by atoms with Gasteiger partial charge in [0.05, 0.1) is 24.7 Å². The maximum Gasteiger partial charge on any atom is 0.332 e. The number of hydrogen-bond acceptors (Lipinski definition) is 7. The van der Waals surface area contributed by atoms with Gasteiger partial charge in [0.25, 0.3) is 0 Å². The smallest absolute Gasteiger partial charge is 0.332 e. The highest BCUT2D eigenvalue weighted by Crippen LogP contribution is 2.46. The minimum atomic E-state index is -1.15. The van der Waals surface area contributed by atoms with Crippen LogP contribution in [0.25, 0.3) is 21.7 Å². The SMILES string of the molecule is CCOC(=O)[C@@]12C[C@H]1/C=C\CCCCC[C@H](N)C(=O)N1C[C@H](Oc3nc4cc(F)ccc4c4ccccc34)C[C@H]1C(=O)N2. The van der Waals surface area contributed by atoms with E-state index >= 15 is 0 Å². The first-order chi connectivity index (χ1) is 20.8. The minimum Gasteiger partial charge on any atom is -0.472 e. The Kier molecular flexibility index (Phi) is 8.05. The third kappa shape index (κ3) is 5.68. The lowest BCUT2D eigenvalue weighted by Gasteiger charge is -2.28. The number of amides is 2. The topological polar surface area (TPSA) is 124 Å². The molecule has 1 aliphatic carbocycles. The summed E-state index contributed by atoms with van der Waals surface area (Å²) in [6.07, 6.45) is 8.12. The summed E-state index contributed by atoms with van der Waals surface area (Å²) in [5, 5.41) is 5.35. The first-order valence-corrected chi connectivity index (χ1v) is 15.2. The largest absolute Gasteiger partial charge is 0.472 e. The lowest BCUT2D eigenvalue weighted by atomic mass is 10.1. The molecule has 3 N–H and O–H groups in total. The molecule has 2 aliphatic heterocycles. The summed E-state index contributed by atoms with van der Waals surface area (Å²) in [5.41, 5.74) is 5.65. The molecular formula is C33H37FN4O5. The van der Waals surface area contributed by atoms with Gasteiger partial charge in [-0.3, -0.25) is 9.59 Å². The Balaban J connectivity index is 1.31. The number of esters is 1. The van der Waals surface area contributed by atoms with Crippen LogP contribution >= 0.6 is 0 Å². The molecule has 9 nitrogen and oxygen atoms in total. The number of ether oxygens (including phenoxy) is 2. The van der Waals surface area contributed by atoms with E-state index in [1.807, 2.05) is 30.3 Å². The molecule has 1 saturated heterocycles. The molecule has 6 rings (SSSR count). The van der Waals surface area contributed by atoms with Crippen LogP contribution in [0.5, 0.6) is 5.88 Å². The zero-order valence-corrected chi connectivity index (χ0v) is 24.3. The zero-order valence-electron chi connectivity index (χ0n) is 24.3. The van der Waals surface area contributed by atoms with Crippen molar-refractivity contribution in [3.63, 3.8) is 0 Å². The third-order valence-electron chi connectivity index (χ3n) is 8.83. The normalized spacial score (nSPS) is 28.8. The van der Waals surface area contributed by atoms with Gasteiger partial charge in [-0.05, 0) is 56.2 Å². The van der Waals surface area contributed by atoms with E-state index in [2.05, 4.69) is 16.4 Å². The number of carbonyl (C=O) groups is 3. The molecule has 43 heavy (non-hydrogen) atoms. The van der Waals surface area contributed by atoms with Crippen molar-refractivity contribution in [3.8, 4) is 5.88 Å². The van der Waals surface area contributed by atoms with Crippen molar-refractivity contribution < 1.29 is 28.2 Å². The molecule has 0 spiro atoms. The average Bonchev–Trinajstić information content (AvgIpc) is 3.53. The summed E-state index contributed by atoms with van der Waals surface area (Å²) in [6, 6.07) is 10.4. The van der Waals surface area contributed by atoms with Crippen LogP contribution in [0, 0.1) is 11.7 Å². The second-order valence-corrected chi connectivity index (χ2v) is 11.8. The molecule has 1 aromatic heterocycles. The minimum absolute atomic E-state index is 0.123. The van der Waals surface area contributed by atoms with Crippen LogP contribution in [0.2, 0.25) is 0 Å². The van der Waals surface area contributed by atoms with Gasteiger partial charge < -0.3 is 25.4 Å². The van der Waals surface area contributed by atoms with Gasteiger partial charge in [-0.25, -0.2) is 14.2 Å². The number of pyridine rings is 1. The number of rotatable bonds is 4. The molecule has 0 bridgehead atoms. The quantitative estimate of drug-likeness (QED) is 0.267. The van der Waals surface area contributed by atoms with E-state index in [9.17, 15) is 18.8 Å². The van der Waals surface area contributed by atoms with Gasteiger partial charge in [0.1, 0.15) is 23.5 Å². The Labute approximate surface area is 249 Å². The van der Waals surface area contributed by atoms with Crippen molar-refractivity contribution in [2.24, 2.45) is 11.7 Å². The average molecular weight is 589 g/mol. The Hall–Kier alpha value is -4.05. The Bertz CT molecular complexity index is 1590. The van der Waals surface area contributed by atoms with Crippen LogP contribution in [-0.4, -0.2) is 64.5 Å². The predicted octanol–water partition coefficient (Wildman–Crippen LogP) is 4.16. The number of halogens is 1. The highest BCUT2D eigenvalue weighted by Gasteiger charge is 2.62. The number of nitrogens with zero attached hydrogens (tertiary/aromatic N) is 2. The molecule has 2 fully saturated rings. The van der Waals surface area contributed by atoms with Gasteiger partial charge in [-0.15, -0.1) is 0 Å². The molecule has 3 aliphatic rings. The van der Waals surface area contributed by atoms with Crippen molar-refractivity contribution in [3.05, 3.63) is 60.4 Å². The molecule has 3 aromatic rings. The zero-order chi connectivity index (χ0) is 30.1. The van der Waals surface area contributed by atoms with Crippen molar-refractivity contribution in [1.82, 2.24) is 15.2 Å². The lowest BCUT2D eigenvalue weighted by Crippen LogP contribution is -2.55. The van der Waals surface area contributed by atoms with E-state index < -0.39 is 41.4 Å². The Morgan fingerprint density at radius 1 is 1.14 bits per heavy atom. The Morgan fingerprint density at radius 3 is 2.77 bits per heavy atom. The summed E-state index contributed by atoms with van der Waals surface area (Å²) < 4.78 is 25.9.